The van der Waals surface area contributed by atoms with E-state index in [9.17, 15) is 22.3 Å². The van der Waals surface area contributed by atoms with Gasteiger partial charge in [-0.15, -0.1) is 0 Å². The van der Waals surface area contributed by atoms with Crippen LogP contribution in [0.5, 0.6) is 0 Å². The molecule has 1 aliphatic rings. The Morgan fingerprint density at radius 1 is 1.35 bits per heavy atom. The molecule has 2 atom stereocenters. The lowest BCUT2D eigenvalue weighted by Gasteiger charge is -2.23. The zero-order valence-electron chi connectivity index (χ0n) is 12.2. The zero-order valence-corrected chi connectivity index (χ0v) is 13.0. The Morgan fingerprint density at radius 3 is 2.74 bits per heavy atom. The molecule has 0 saturated carbocycles. The van der Waals surface area contributed by atoms with Crippen molar-refractivity contribution in [2.24, 2.45) is 7.05 Å². The molecule has 0 spiro atoms. The second-order valence-corrected chi connectivity index (χ2v) is 7.39. The summed E-state index contributed by atoms with van der Waals surface area (Å²) in [5.74, 6) is -1.38. The molecule has 23 heavy (non-hydrogen) atoms. The number of hydrogen-bond donors (Lipinski definition) is 1. The zero-order chi connectivity index (χ0) is 16.8. The van der Waals surface area contributed by atoms with Crippen LogP contribution in [0.4, 0.5) is 8.78 Å². The number of sulfonamides is 1. The van der Waals surface area contributed by atoms with Gasteiger partial charge in [-0.1, -0.05) is 0 Å². The summed E-state index contributed by atoms with van der Waals surface area (Å²) >= 11 is 0. The summed E-state index contributed by atoms with van der Waals surface area (Å²) in [4.78, 5) is -0.0593. The first-order valence-corrected chi connectivity index (χ1v) is 8.36. The molecule has 0 aliphatic carbocycles. The first-order valence-electron chi connectivity index (χ1n) is 6.92. The van der Waals surface area contributed by atoms with E-state index in [-0.39, 0.29) is 23.4 Å². The van der Waals surface area contributed by atoms with Gasteiger partial charge in [0.1, 0.15) is 16.5 Å². The Labute approximate surface area is 132 Å². The summed E-state index contributed by atoms with van der Waals surface area (Å²) in [6.45, 7) is -0.183. The van der Waals surface area contributed by atoms with E-state index in [4.69, 9.17) is 0 Å². The molecule has 1 aromatic heterocycles. The van der Waals surface area contributed by atoms with Gasteiger partial charge in [0.25, 0.3) is 0 Å². The minimum absolute atomic E-state index is 0.000133. The number of β-amino-alcohol motifs (C(OH)–C–C–N with tert-alkyl or cyclic N) is 1. The molecule has 2 aromatic rings. The summed E-state index contributed by atoms with van der Waals surface area (Å²) < 4.78 is 55.2. The van der Waals surface area contributed by atoms with Crippen molar-refractivity contribution in [3.8, 4) is 0 Å². The summed E-state index contributed by atoms with van der Waals surface area (Å²) in [5.41, 5.74) is -0.0889. The number of hydrogen-bond acceptors (Lipinski definition) is 4. The average Bonchev–Trinajstić information content (AvgIpc) is 3.08. The van der Waals surface area contributed by atoms with Gasteiger partial charge in [0, 0.05) is 25.4 Å². The maximum absolute atomic E-state index is 14.0. The molecule has 124 valence electrons. The van der Waals surface area contributed by atoms with Crippen molar-refractivity contribution in [1.82, 2.24) is 14.1 Å². The average molecular weight is 343 g/mol. The molecule has 1 aliphatic heterocycles. The highest BCUT2D eigenvalue weighted by Gasteiger charge is 2.42. The normalized spacial score (nSPS) is 22.6. The summed E-state index contributed by atoms with van der Waals surface area (Å²) in [6, 6.07) is 1.91. The van der Waals surface area contributed by atoms with E-state index in [1.165, 1.54) is 17.1 Å². The Morgan fingerprint density at radius 2 is 2.09 bits per heavy atom. The number of nitrogens with zero attached hydrogens (tertiary/aromatic N) is 3. The van der Waals surface area contributed by atoms with E-state index in [0.29, 0.717) is 0 Å². The summed E-state index contributed by atoms with van der Waals surface area (Å²) in [7, 11) is -2.41. The van der Waals surface area contributed by atoms with Gasteiger partial charge >= 0.3 is 0 Å². The molecule has 2 heterocycles. The number of aliphatic hydroxyl groups excluding tert-OH is 1. The first kappa shape index (κ1) is 16.0. The van der Waals surface area contributed by atoms with Crippen LogP contribution < -0.4 is 0 Å². The number of aromatic nitrogens is 2. The highest BCUT2D eigenvalue weighted by Crippen LogP contribution is 2.37. The molecule has 0 amide bonds. The Hall–Kier alpha value is -1.84. The molecule has 1 N–H and O–H groups in total. The molecule has 0 unspecified atom stereocenters. The van der Waals surface area contributed by atoms with Gasteiger partial charge in [0.05, 0.1) is 18.3 Å². The van der Waals surface area contributed by atoms with E-state index < -0.39 is 33.8 Å². The monoisotopic (exact) mass is 343 g/mol. The quantitative estimate of drug-likeness (QED) is 0.909. The molecular weight excluding hydrogens is 328 g/mol. The standard InChI is InChI=1S/C14H15F2N3O3S/c1-18-8-11(6-17-18)23(21,22)19-7-10(20)5-14(19)12-4-9(15)2-3-13(12)16/h2-4,6,8,10,14,20H,5,7H2,1H3/t10-,14+/m1/s1. The third-order valence-electron chi connectivity index (χ3n) is 3.84. The van der Waals surface area contributed by atoms with E-state index >= 15 is 0 Å². The fourth-order valence-electron chi connectivity index (χ4n) is 2.77. The van der Waals surface area contributed by atoms with E-state index in [1.807, 2.05) is 0 Å². The van der Waals surface area contributed by atoms with E-state index in [2.05, 4.69) is 5.10 Å². The second-order valence-electron chi connectivity index (χ2n) is 5.50. The highest BCUT2D eigenvalue weighted by atomic mass is 32.2. The molecule has 0 radical (unpaired) electrons. The molecular formula is C14H15F2N3O3S. The lowest BCUT2D eigenvalue weighted by atomic mass is 10.0. The largest absolute Gasteiger partial charge is 0.392 e. The van der Waals surface area contributed by atoms with Crippen LogP contribution in [-0.2, 0) is 17.1 Å². The molecule has 6 nitrogen and oxygen atoms in total. The van der Waals surface area contributed by atoms with Crippen molar-refractivity contribution in [2.75, 3.05) is 6.54 Å². The van der Waals surface area contributed by atoms with Gasteiger partial charge in [-0.25, -0.2) is 17.2 Å². The van der Waals surface area contributed by atoms with Gasteiger partial charge in [-0.3, -0.25) is 4.68 Å². The maximum atomic E-state index is 14.0. The van der Waals surface area contributed by atoms with Crippen molar-refractivity contribution in [2.45, 2.75) is 23.5 Å². The minimum Gasteiger partial charge on any atom is -0.392 e. The lowest BCUT2D eigenvalue weighted by molar-refractivity contribution is 0.188. The smallest absolute Gasteiger partial charge is 0.246 e. The van der Waals surface area contributed by atoms with Crippen LogP contribution in [0.1, 0.15) is 18.0 Å². The molecule has 9 heteroatoms. The molecule has 1 aromatic carbocycles. The van der Waals surface area contributed by atoms with Crippen LogP contribution in [0.25, 0.3) is 0 Å². The molecule has 3 rings (SSSR count). The van der Waals surface area contributed by atoms with E-state index in [1.54, 1.807) is 7.05 Å². The van der Waals surface area contributed by atoms with Gasteiger partial charge in [-0.2, -0.15) is 9.40 Å². The van der Waals surface area contributed by atoms with Crippen LogP contribution in [-0.4, -0.2) is 40.3 Å². The third-order valence-corrected chi connectivity index (χ3v) is 5.67. The van der Waals surface area contributed by atoms with Crippen LogP contribution in [0.3, 0.4) is 0 Å². The highest BCUT2D eigenvalue weighted by molar-refractivity contribution is 7.89. The fourth-order valence-corrected chi connectivity index (χ4v) is 4.41. The second kappa shape index (κ2) is 5.66. The number of aliphatic hydroxyl groups is 1. The molecule has 0 bridgehead atoms. The summed E-state index contributed by atoms with van der Waals surface area (Å²) in [6.07, 6.45) is 1.55. The van der Waals surface area contributed by atoms with Crippen molar-refractivity contribution < 1.29 is 22.3 Å². The maximum Gasteiger partial charge on any atom is 0.246 e. The Kier molecular flexibility index (Phi) is 3.95. The van der Waals surface area contributed by atoms with Gasteiger partial charge < -0.3 is 5.11 Å². The molecule has 1 saturated heterocycles. The number of rotatable bonds is 3. The number of aryl methyl sites for hydroxylation is 1. The van der Waals surface area contributed by atoms with E-state index in [0.717, 1.165) is 22.5 Å². The Bertz CT molecular complexity index is 838. The number of halogens is 2. The molecule has 1 fully saturated rings. The van der Waals surface area contributed by atoms with Crippen LogP contribution in [0.2, 0.25) is 0 Å². The van der Waals surface area contributed by atoms with Crippen LogP contribution >= 0.6 is 0 Å². The predicted molar refractivity (Wildman–Crippen MR) is 76.8 cm³/mol. The summed E-state index contributed by atoms with van der Waals surface area (Å²) in [5, 5.41) is 13.7. The topological polar surface area (TPSA) is 75.4 Å². The van der Waals surface area contributed by atoms with Crippen molar-refractivity contribution in [1.29, 1.82) is 0 Å². The first-order chi connectivity index (χ1) is 10.8. The third kappa shape index (κ3) is 2.87. The minimum atomic E-state index is -3.98. The fraction of sp³-hybridized carbons (Fsp3) is 0.357. The van der Waals surface area contributed by atoms with Crippen LogP contribution in [0.15, 0.2) is 35.5 Å². The Balaban J connectivity index is 2.05. The van der Waals surface area contributed by atoms with Crippen molar-refractivity contribution >= 4 is 10.0 Å². The van der Waals surface area contributed by atoms with Crippen molar-refractivity contribution in [3.63, 3.8) is 0 Å². The predicted octanol–water partition coefficient (Wildman–Crippen LogP) is 1.19. The van der Waals surface area contributed by atoms with Gasteiger partial charge in [0.2, 0.25) is 10.0 Å². The number of benzene rings is 1. The van der Waals surface area contributed by atoms with Crippen LogP contribution in [0, 0.1) is 11.6 Å². The van der Waals surface area contributed by atoms with Crippen molar-refractivity contribution in [3.05, 3.63) is 47.8 Å². The SMILES string of the molecule is Cn1cc(S(=O)(=O)N2C[C@H](O)C[C@H]2c2cc(F)ccc2F)cn1. The van der Waals surface area contributed by atoms with Gasteiger partial charge in [-0.05, 0) is 24.6 Å². The van der Waals surface area contributed by atoms with Gasteiger partial charge in [0.15, 0.2) is 0 Å². The lowest BCUT2D eigenvalue weighted by Crippen LogP contribution is -2.32.